The summed E-state index contributed by atoms with van der Waals surface area (Å²) < 4.78 is 0. The average Bonchev–Trinajstić information content (AvgIpc) is 2.67. The van der Waals surface area contributed by atoms with Crippen LogP contribution in [0.5, 0.6) is 0 Å². The minimum absolute atomic E-state index is 0. The van der Waals surface area contributed by atoms with E-state index in [1.54, 1.807) is 7.05 Å². The van der Waals surface area contributed by atoms with E-state index in [4.69, 9.17) is 0 Å². The first kappa shape index (κ1) is 23.2. The summed E-state index contributed by atoms with van der Waals surface area (Å²) in [6, 6.07) is 16.7. The van der Waals surface area contributed by atoms with Crippen LogP contribution in [0.3, 0.4) is 0 Å². The second-order valence-electron chi connectivity index (χ2n) is 8.29. The van der Waals surface area contributed by atoms with Gasteiger partial charge in [-0.25, -0.2) is 0 Å². The molecule has 29 heavy (non-hydrogen) atoms. The van der Waals surface area contributed by atoms with Gasteiger partial charge in [-0.2, -0.15) is 0 Å². The van der Waals surface area contributed by atoms with Crippen molar-refractivity contribution in [2.45, 2.75) is 45.1 Å². The van der Waals surface area contributed by atoms with E-state index in [0.29, 0.717) is 19.5 Å². The first-order valence-electron chi connectivity index (χ1n) is 9.79. The fourth-order valence-corrected chi connectivity index (χ4v) is 3.43. The van der Waals surface area contributed by atoms with Crippen LogP contribution in [0.1, 0.15) is 49.8 Å². The summed E-state index contributed by atoms with van der Waals surface area (Å²) >= 11 is 0. The fraction of sp³-hybridized carbons (Fsp3) is 0.391. The van der Waals surface area contributed by atoms with Gasteiger partial charge in [0.2, 0.25) is 5.91 Å². The van der Waals surface area contributed by atoms with Crippen molar-refractivity contribution in [2.75, 3.05) is 18.9 Å². The molecule has 2 aromatic rings. The minimum atomic E-state index is 0. The molecule has 0 radical (unpaired) electrons. The van der Waals surface area contributed by atoms with Crippen molar-refractivity contribution in [3.63, 3.8) is 0 Å². The van der Waals surface area contributed by atoms with Gasteiger partial charge < -0.3 is 16.0 Å². The largest absolute Gasteiger partial charge is 0.356 e. The molecule has 3 rings (SSSR count). The lowest BCUT2D eigenvalue weighted by Crippen LogP contribution is -2.40. The number of rotatable bonds is 4. The number of hydrogen-bond acceptors (Lipinski definition) is 2. The number of aliphatic imine (C=N–C) groups is 1. The van der Waals surface area contributed by atoms with Gasteiger partial charge in [-0.3, -0.25) is 9.79 Å². The second-order valence-corrected chi connectivity index (χ2v) is 8.29. The second kappa shape index (κ2) is 10.1. The lowest BCUT2D eigenvalue weighted by atomic mass is 9.87. The molecule has 1 heterocycles. The van der Waals surface area contributed by atoms with Crippen molar-refractivity contribution in [1.29, 1.82) is 0 Å². The molecule has 5 nitrogen and oxygen atoms in total. The van der Waals surface area contributed by atoms with Crippen LogP contribution in [0.4, 0.5) is 5.69 Å². The van der Waals surface area contributed by atoms with Crippen molar-refractivity contribution >= 4 is 41.5 Å². The maximum absolute atomic E-state index is 12.0. The van der Waals surface area contributed by atoms with E-state index in [1.807, 2.05) is 18.2 Å². The van der Waals surface area contributed by atoms with E-state index in [-0.39, 0.29) is 41.2 Å². The van der Waals surface area contributed by atoms with Crippen molar-refractivity contribution in [2.24, 2.45) is 4.99 Å². The molecule has 1 atom stereocenters. The maximum atomic E-state index is 12.0. The van der Waals surface area contributed by atoms with E-state index in [9.17, 15) is 4.79 Å². The van der Waals surface area contributed by atoms with Gasteiger partial charge >= 0.3 is 0 Å². The van der Waals surface area contributed by atoms with Gasteiger partial charge in [-0.1, -0.05) is 63.2 Å². The fourth-order valence-electron chi connectivity index (χ4n) is 3.43. The van der Waals surface area contributed by atoms with Crippen LogP contribution in [-0.4, -0.2) is 25.5 Å². The van der Waals surface area contributed by atoms with Crippen LogP contribution in [0, 0.1) is 0 Å². The first-order chi connectivity index (χ1) is 13.4. The highest BCUT2D eigenvalue weighted by molar-refractivity contribution is 14.0. The number of carbonyl (C=O) groups excluding carboxylic acids is 1. The van der Waals surface area contributed by atoms with Gasteiger partial charge in [0.15, 0.2) is 5.96 Å². The zero-order valence-corrected chi connectivity index (χ0v) is 19.9. The van der Waals surface area contributed by atoms with Crippen LogP contribution in [0.2, 0.25) is 0 Å². The van der Waals surface area contributed by atoms with Crippen LogP contribution in [0.25, 0.3) is 0 Å². The normalized spacial score (nSPS) is 16.3. The standard InChI is InChI=1S/C23H30N4O.HI/c1-23(2,3)18-11-9-16(10-12-18)14-25-22(24-4)26-15-17-13-21(28)27-20-8-6-5-7-19(17)20;/h5-12,17H,13-15H2,1-4H3,(H,27,28)(H2,24,25,26);1H. The van der Waals surface area contributed by atoms with E-state index in [1.165, 1.54) is 16.7 Å². The Morgan fingerprint density at radius 3 is 2.45 bits per heavy atom. The summed E-state index contributed by atoms with van der Waals surface area (Å²) in [5.41, 5.74) is 4.77. The molecule has 0 bridgehead atoms. The Morgan fingerprint density at radius 1 is 1.10 bits per heavy atom. The van der Waals surface area contributed by atoms with E-state index < -0.39 is 0 Å². The van der Waals surface area contributed by atoms with Gasteiger partial charge in [0.1, 0.15) is 0 Å². The lowest BCUT2D eigenvalue weighted by molar-refractivity contribution is -0.116. The number of anilines is 1. The number of benzene rings is 2. The molecular formula is C23H31IN4O. The third kappa shape index (κ3) is 6.19. The van der Waals surface area contributed by atoms with Crippen LogP contribution in [-0.2, 0) is 16.8 Å². The molecule has 1 aliphatic heterocycles. The number of carbonyl (C=O) groups is 1. The summed E-state index contributed by atoms with van der Waals surface area (Å²) in [5.74, 6) is 0.935. The number of amides is 1. The highest BCUT2D eigenvalue weighted by atomic mass is 127. The van der Waals surface area contributed by atoms with Gasteiger partial charge in [-0.15, -0.1) is 24.0 Å². The average molecular weight is 506 g/mol. The molecule has 0 aliphatic carbocycles. The predicted octanol–water partition coefficient (Wildman–Crippen LogP) is 4.39. The summed E-state index contributed by atoms with van der Waals surface area (Å²) in [4.78, 5) is 16.3. The summed E-state index contributed by atoms with van der Waals surface area (Å²) in [7, 11) is 1.76. The number of nitrogens with one attached hydrogen (secondary N) is 3. The zero-order valence-electron chi connectivity index (χ0n) is 17.6. The maximum Gasteiger partial charge on any atom is 0.225 e. The molecule has 2 aromatic carbocycles. The molecule has 0 aromatic heterocycles. The molecule has 1 aliphatic rings. The quantitative estimate of drug-likeness (QED) is 0.328. The van der Waals surface area contributed by atoms with Crippen molar-refractivity contribution in [3.8, 4) is 0 Å². The Bertz CT molecular complexity index is 856. The van der Waals surface area contributed by atoms with Gasteiger partial charge in [0.25, 0.3) is 0 Å². The molecule has 0 saturated carbocycles. The zero-order chi connectivity index (χ0) is 20.1. The number of hydrogen-bond donors (Lipinski definition) is 3. The van der Waals surface area contributed by atoms with E-state index in [0.717, 1.165) is 11.6 Å². The summed E-state index contributed by atoms with van der Waals surface area (Å²) in [5, 5.41) is 9.66. The Kier molecular flexibility index (Phi) is 8.07. The highest BCUT2D eigenvalue weighted by Crippen LogP contribution is 2.31. The van der Waals surface area contributed by atoms with Crippen LogP contribution >= 0.6 is 24.0 Å². The van der Waals surface area contributed by atoms with Gasteiger partial charge in [0.05, 0.1) is 0 Å². The molecule has 0 fully saturated rings. The SMILES string of the molecule is CN=C(NCc1ccc(C(C)(C)C)cc1)NCC1CC(=O)Nc2ccccc21.I. The summed E-state index contributed by atoms with van der Waals surface area (Å²) in [6.45, 7) is 8.01. The third-order valence-electron chi connectivity index (χ3n) is 5.13. The van der Waals surface area contributed by atoms with Crippen molar-refractivity contribution in [1.82, 2.24) is 10.6 Å². The number of nitrogens with zero attached hydrogens (tertiary/aromatic N) is 1. The number of para-hydroxylation sites is 1. The topological polar surface area (TPSA) is 65.5 Å². The number of fused-ring (bicyclic) bond motifs is 1. The third-order valence-corrected chi connectivity index (χ3v) is 5.13. The molecule has 1 amide bonds. The first-order valence-corrected chi connectivity index (χ1v) is 9.79. The van der Waals surface area contributed by atoms with Gasteiger partial charge in [-0.05, 0) is 28.2 Å². The molecule has 0 spiro atoms. The minimum Gasteiger partial charge on any atom is -0.356 e. The van der Waals surface area contributed by atoms with Crippen LogP contribution in [0.15, 0.2) is 53.5 Å². The Labute approximate surface area is 190 Å². The van der Waals surface area contributed by atoms with Crippen molar-refractivity contribution in [3.05, 3.63) is 65.2 Å². The number of guanidine groups is 1. The van der Waals surface area contributed by atoms with Gasteiger partial charge in [0, 0.05) is 38.2 Å². The van der Waals surface area contributed by atoms with Crippen molar-refractivity contribution < 1.29 is 4.79 Å². The Hall–Kier alpha value is -2.09. The smallest absolute Gasteiger partial charge is 0.225 e. The summed E-state index contributed by atoms with van der Waals surface area (Å²) in [6.07, 6.45) is 0.481. The molecule has 3 N–H and O–H groups in total. The molecule has 156 valence electrons. The van der Waals surface area contributed by atoms with E-state index >= 15 is 0 Å². The molecule has 0 saturated heterocycles. The Morgan fingerprint density at radius 2 is 1.79 bits per heavy atom. The Balaban J connectivity index is 0.00000300. The predicted molar refractivity (Wildman–Crippen MR) is 131 cm³/mol. The highest BCUT2D eigenvalue weighted by Gasteiger charge is 2.24. The van der Waals surface area contributed by atoms with E-state index in [2.05, 4.69) is 72.0 Å². The molecular weight excluding hydrogens is 475 g/mol. The number of halogens is 1. The molecule has 6 heteroatoms. The lowest BCUT2D eigenvalue weighted by Gasteiger charge is -2.26. The van der Waals surface area contributed by atoms with Crippen LogP contribution < -0.4 is 16.0 Å². The molecule has 1 unspecified atom stereocenters. The monoisotopic (exact) mass is 506 g/mol.